The van der Waals surface area contributed by atoms with Crippen molar-refractivity contribution in [3.63, 3.8) is 0 Å². The molecule has 7 nitrogen and oxygen atoms in total. The number of carbonyl (C=O) groups is 2. The lowest BCUT2D eigenvalue weighted by Crippen LogP contribution is -2.48. The summed E-state index contributed by atoms with van der Waals surface area (Å²) in [5.74, 6) is 0.0460. The van der Waals surface area contributed by atoms with Gasteiger partial charge < -0.3 is 19.6 Å². The number of amides is 2. The molecule has 1 N–H and O–H groups in total. The van der Waals surface area contributed by atoms with Gasteiger partial charge in [0.2, 0.25) is 0 Å². The number of carboxylic acid groups (broad SMARTS) is 1. The maximum absolute atomic E-state index is 14.8. The van der Waals surface area contributed by atoms with Gasteiger partial charge in [-0.05, 0) is 99.9 Å². The number of fused-ring (bicyclic) bond motifs is 1. The van der Waals surface area contributed by atoms with Crippen LogP contribution in [0.2, 0.25) is 5.02 Å². The van der Waals surface area contributed by atoms with Crippen LogP contribution in [0.25, 0.3) is 21.2 Å². The van der Waals surface area contributed by atoms with Gasteiger partial charge in [-0.1, -0.05) is 35.9 Å². The largest absolute Gasteiger partial charge is 0.496 e. The van der Waals surface area contributed by atoms with E-state index in [0.717, 1.165) is 29.5 Å². The third-order valence-corrected chi connectivity index (χ3v) is 10.4. The van der Waals surface area contributed by atoms with Gasteiger partial charge in [0, 0.05) is 40.3 Å². The molecule has 1 fully saturated rings. The van der Waals surface area contributed by atoms with E-state index in [9.17, 15) is 24.3 Å². The lowest BCUT2D eigenvalue weighted by molar-refractivity contribution is 0.0535. The average Bonchev–Trinajstić information content (AvgIpc) is 3.39. The highest BCUT2D eigenvalue weighted by molar-refractivity contribution is 7.21. The van der Waals surface area contributed by atoms with E-state index in [1.54, 1.807) is 31.4 Å². The molecule has 0 atom stereocenters. The fourth-order valence-corrected chi connectivity index (χ4v) is 7.75. The maximum atomic E-state index is 14.8. The number of benzene rings is 3. The minimum absolute atomic E-state index is 0.113. The van der Waals surface area contributed by atoms with Gasteiger partial charge in [0.1, 0.15) is 16.4 Å². The predicted molar refractivity (Wildman–Crippen MR) is 180 cm³/mol. The van der Waals surface area contributed by atoms with Crippen LogP contribution in [-0.2, 0) is 6.54 Å². The van der Waals surface area contributed by atoms with E-state index in [1.807, 2.05) is 56.0 Å². The number of carbonyl (C=O) groups excluding carboxylic acids is 1. The number of nitriles is 1. The second kappa shape index (κ2) is 13.7. The first-order valence-corrected chi connectivity index (χ1v) is 16.5. The molecule has 46 heavy (non-hydrogen) atoms. The fraction of sp³-hybridized carbons (Fsp3) is 0.361. The Kier molecular flexibility index (Phi) is 9.90. The van der Waals surface area contributed by atoms with E-state index < -0.39 is 17.4 Å². The first kappa shape index (κ1) is 33.2. The molecule has 1 aromatic heterocycles. The molecular weight excluding hydrogens is 625 g/mol. The first-order chi connectivity index (χ1) is 21.9. The summed E-state index contributed by atoms with van der Waals surface area (Å²) in [7, 11) is 1.59. The quantitative estimate of drug-likeness (QED) is 0.203. The topological polar surface area (TPSA) is 93.9 Å². The second-order valence-corrected chi connectivity index (χ2v) is 14.2. The van der Waals surface area contributed by atoms with Crippen molar-refractivity contribution in [3.8, 4) is 22.9 Å². The van der Waals surface area contributed by atoms with Gasteiger partial charge in [-0.3, -0.25) is 4.79 Å². The van der Waals surface area contributed by atoms with Gasteiger partial charge in [0.25, 0.3) is 5.91 Å². The van der Waals surface area contributed by atoms with Gasteiger partial charge in [-0.25, -0.2) is 9.18 Å². The Morgan fingerprint density at radius 2 is 1.74 bits per heavy atom. The summed E-state index contributed by atoms with van der Waals surface area (Å²) in [6.07, 6.45) is 1.94. The minimum Gasteiger partial charge on any atom is -0.496 e. The standard InChI is InChI=1S/C36H37ClFN3O4S/c1-36(2,3)41(35(43)44)20-23-10-15-27(16-11-23)40(34(42)33-32(37)31-28(38)6-5-7-30(31)46-33)21-26-18-25(14-17-29(26)45-4)24-12-8-22(19-39)9-13-24/h5-9,12-14,17-18,23,27H,10-11,15-16,20-21H2,1-4H3,(H,43,44). The number of halogens is 2. The van der Waals surface area contributed by atoms with E-state index in [2.05, 4.69) is 6.07 Å². The monoisotopic (exact) mass is 661 g/mol. The maximum Gasteiger partial charge on any atom is 0.407 e. The molecule has 10 heteroatoms. The van der Waals surface area contributed by atoms with Crippen LogP contribution in [0.3, 0.4) is 0 Å². The van der Waals surface area contributed by atoms with Gasteiger partial charge in [-0.2, -0.15) is 5.26 Å². The number of nitrogens with zero attached hydrogens (tertiary/aromatic N) is 3. The Labute approximate surface area is 277 Å². The van der Waals surface area contributed by atoms with Crippen molar-refractivity contribution in [2.75, 3.05) is 13.7 Å². The predicted octanol–water partition coefficient (Wildman–Crippen LogP) is 9.22. The van der Waals surface area contributed by atoms with Crippen molar-refractivity contribution in [2.24, 2.45) is 5.92 Å². The van der Waals surface area contributed by atoms with E-state index in [4.69, 9.17) is 16.3 Å². The normalized spacial score (nSPS) is 16.5. The number of hydrogen-bond donors (Lipinski definition) is 1. The summed E-state index contributed by atoms with van der Waals surface area (Å²) in [5, 5.41) is 19.4. The molecule has 1 aliphatic carbocycles. The SMILES string of the molecule is COc1ccc(-c2ccc(C#N)cc2)cc1CN(C(=O)c1sc2cccc(F)c2c1Cl)C1CCC(CN(C(=O)O)C(C)(C)C)CC1. The van der Waals surface area contributed by atoms with Crippen LogP contribution in [0, 0.1) is 23.1 Å². The zero-order chi connectivity index (χ0) is 33.2. The van der Waals surface area contributed by atoms with Crippen LogP contribution in [0.4, 0.5) is 9.18 Å². The van der Waals surface area contributed by atoms with Crippen LogP contribution >= 0.6 is 22.9 Å². The molecule has 0 bridgehead atoms. The van der Waals surface area contributed by atoms with Crippen LogP contribution in [0.5, 0.6) is 5.75 Å². The molecule has 0 saturated heterocycles. The fourth-order valence-electron chi connectivity index (χ4n) is 6.24. The molecule has 1 heterocycles. The number of rotatable bonds is 8. The highest BCUT2D eigenvalue weighted by Gasteiger charge is 2.35. The van der Waals surface area contributed by atoms with Crippen molar-refractivity contribution in [2.45, 2.75) is 64.6 Å². The van der Waals surface area contributed by atoms with Crippen LogP contribution < -0.4 is 4.74 Å². The summed E-state index contributed by atoms with van der Waals surface area (Å²) in [6.45, 7) is 6.34. The van der Waals surface area contributed by atoms with Gasteiger partial charge in [0.05, 0.1) is 23.8 Å². The number of thiophene rings is 1. The van der Waals surface area contributed by atoms with Crippen LogP contribution in [-0.4, -0.2) is 52.1 Å². The molecule has 240 valence electrons. The Hall–Kier alpha value is -4.13. The summed E-state index contributed by atoms with van der Waals surface area (Å²) >= 11 is 7.88. The van der Waals surface area contributed by atoms with E-state index in [0.29, 0.717) is 35.4 Å². The number of methoxy groups -OCH3 is 1. The summed E-state index contributed by atoms with van der Waals surface area (Å²) in [5.41, 5.74) is 2.68. The zero-order valence-electron chi connectivity index (χ0n) is 26.3. The molecule has 0 radical (unpaired) electrons. The highest BCUT2D eigenvalue weighted by atomic mass is 35.5. The molecule has 4 aromatic rings. The molecule has 2 amide bonds. The number of ether oxygens (including phenoxy) is 1. The second-order valence-electron chi connectivity index (χ2n) is 12.7. The molecule has 0 aliphatic heterocycles. The molecule has 5 rings (SSSR count). The van der Waals surface area contributed by atoms with Gasteiger partial charge >= 0.3 is 6.09 Å². The first-order valence-electron chi connectivity index (χ1n) is 15.3. The van der Waals surface area contributed by atoms with Gasteiger partial charge in [-0.15, -0.1) is 11.3 Å². The molecule has 3 aromatic carbocycles. The Balaban J connectivity index is 1.48. The Morgan fingerprint density at radius 1 is 1.07 bits per heavy atom. The number of hydrogen-bond acceptors (Lipinski definition) is 5. The van der Waals surface area contributed by atoms with E-state index >= 15 is 0 Å². The summed E-state index contributed by atoms with van der Waals surface area (Å²) < 4.78 is 21.1. The molecule has 0 spiro atoms. The molecule has 0 unspecified atom stereocenters. The van der Waals surface area contributed by atoms with E-state index in [1.165, 1.54) is 22.3 Å². The smallest absolute Gasteiger partial charge is 0.407 e. The third kappa shape index (κ3) is 6.98. The minimum atomic E-state index is -0.938. The Bertz CT molecular complexity index is 1790. The van der Waals surface area contributed by atoms with E-state index in [-0.39, 0.29) is 39.7 Å². The van der Waals surface area contributed by atoms with Crippen molar-refractivity contribution >= 4 is 45.0 Å². The van der Waals surface area contributed by atoms with Crippen molar-refractivity contribution in [1.82, 2.24) is 9.80 Å². The lowest BCUT2D eigenvalue weighted by atomic mass is 9.84. The summed E-state index contributed by atoms with van der Waals surface area (Å²) in [6, 6.07) is 19.8. The average molecular weight is 662 g/mol. The highest BCUT2D eigenvalue weighted by Crippen LogP contribution is 2.40. The summed E-state index contributed by atoms with van der Waals surface area (Å²) in [4.78, 5) is 30.0. The van der Waals surface area contributed by atoms with Crippen molar-refractivity contribution in [1.29, 1.82) is 5.26 Å². The molecule has 1 saturated carbocycles. The van der Waals surface area contributed by atoms with Crippen LogP contribution in [0.1, 0.15) is 67.3 Å². The van der Waals surface area contributed by atoms with Crippen LogP contribution in [0.15, 0.2) is 60.7 Å². The van der Waals surface area contributed by atoms with Crippen molar-refractivity contribution in [3.05, 3.63) is 87.5 Å². The third-order valence-electron chi connectivity index (χ3n) is 8.77. The molecule has 1 aliphatic rings. The lowest BCUT2D eigenvalue weighted by Gasteiger charge is -2.40. The Morgan fingerprint density at radius 3 is 2.33 bits per heavy atom. The van der Waals surface area contributed by atoms with Gasteiger partial charge in [0.15, 0.2) is 0 Å². The van der Waals surface area contributed by atoms with Crippen molar-refractivity contribution < 1.29 is 23.8 Å². The zero-order valence-corrected chi connectivity index (χ0v) is 27.9. The molecular formula is C36H37ClFN3O4S.